The Balaban J connectivity index is 2.13. The van der Waals surface area contributed by atoms with Crippen LogP contribution in [-0.2, 0) is 16.0 Å². The summed E-state index contributed by atoms with van der Waals surface area (Å²) in [7, 11) is 0. The summed E-state index contributed by atoms with van der Waals surface area (Å²) in [5.74, 6) is -1.22. The summed E-state index contributed by atoms with van der Waals surface area (Å²) in [6.07, 6.45) is -0.0745. The van der Waals surface area contributed by atoms with Crippen molar-refractivity contribution in [1.82, 2.24) is 10.5 Å². The number of hydrogen-bond donors (Lipinski definition) is 2. The minimum absolute atomic E-state index is 0.0124. The molecule has 0 saturated carbocycles. The topological polar surface area (TPSA) is 92.4 Å². The van der Waals surface area contributed by atoms with Gasteiger partial charge in [-0.2, -0.15) is 0 Å². The summed E-state index contributed by atoms with van der Waals surface area (Å²) in [6.45, 7) is 5.51. The van der Waals surface area contributed by atoms with E-state index in [1.54, 1.807) is 13.0 Å². The molecule has 1 aromatic carbocycles. The highest BCUT2D eigenvalue weighted by Crippen LogP contribution is 2.22. The van der Waals surface area contributed by atoms with E-state index in [1.807, 2.05) is 32.0 Å². The van der Waals surface area contributed by atoms with Crippen LogP contribution in [0.5, 0.6) is 0 Å². The van der Waals surface area contributed by atoms with Crippen LogP contribution < -0.4 is 5.32 Å². The van der Waals surface area contributed by atoms with E-state index in [0.717, 1.165) is 5.39 Å². The number of amides is 1. The third-order valence-corrected chi connectivity index (χ3v) is 4.00. The number of carbonyl (C=O) groups excluding carboxylic acids is 1. The Bertz CT molecular complexity index is 692. The Kier molecular flexibility index (Phi) is 4.49. The largest absolute Gasteiger partial charge is 0.481 e. The van der Waals surface area contributed by atoms with Gasteiger partial charge in [-0.1, -0.05) is 31.1 Å². The van der Waals surface area contributed by atoms with E-state index in [-0.39, 0.29) is 24.7 Å². The molecule has 6 heteroatoms. The number of carbonyl (C=O) groups is 2. The second-order valence-corrected chi connectivity index (χ2v) is 5.99. The number of carboxylic acids is 1. The van der Waals surface area contributed by atoms with Crippen LogP contribution in [0.3, 0.4) is 0 Å². The van der Waals surface area contributed by atoms with Crippen molar-refractivity contribution in [1.29, 1.82) is 0 Å². The first-order chi connectivity index (χ1) is 10.3. The second-order valence-electron chi connectivity index (χ2n) is 5.99. The van der Waals surface area contributed by atoms with E-state index >= 15 is 0 Å². The molecule has 1 amide bonds. The molecule has 0 radical (unpaired) electrons. The molecule has 0 spiro atoms. The molecule has 0 fully saturated rings. The predicted molar refractivity (Wildman–Crippen MR) is 81.4 cm³/mol. The van der Waals surface area contributed by atoms with E-state index in [0.29, 0.717) is 11.3 Å². The molecule has 2 N–H and O–H groups in total. The molecule has 2 aromatic rings. The highest BCUT2D eigenvalue weighted by molar-refractivity contribution is 5.86. The average molecular weight is 304 g/mol. The van der Waals surface area contributed by atoms with E-state index in [1.165, 1.54) is 0 Å². The van der Waals surface area contributed by atoms with Crippen molar-refractivity contribution in [3.8, 4) is 0 Å². The highest BCUT2D eigenvalue weighted by Gasteiger charge is 2.33. The van der Waals surface area contributed by atoms with Gasteiger partial charge < -0.3 is 14.9 Å². The zero-order valence-electron chi connectivity index (χ0n) is 12.9. The van der Waals surface area contributed by atoms with Crippen LogP contribution in [0.4, 0.5) is 0 Å². The lowest BCUT2D eigenvalue weighted by molar-refractivity contribution is -0.139. The predicted octanol–water partition coefficient (Wildman–Crippen LogP) is 2.38. The Morgan fingerprint density at radius 2 is 2.05 bits per heavy atom. The third kappa shape index (κ3) is 3.44. The van der Waals surface area contributed by atoms with Gasteiger partial charge >= 0.3 is 5.97 Å². The molecular formula is C16H20N2O4. The summed E-state index contributed by atoms with van der Waals surface area (Å²) < 4.78 is 5.17. The number of hydrogen-bond acceptors (Lipinski definition) is 4. The van der Waals surface area contributed by atoms with Gasteiger partial charge in [0.05, 0.1) is 12.8 Å². The summed E-state index contributed by atoms with van der Waals surface area (Å²) in [6, 6.07) is 7.31. The van der Waals surface area contributed by atoms with Crippen molar-refractivity contribution in [3.05, 3.63) is 30.0 Å². The van der Waals surface area contributed by atoms with Gasteiger partial charge in [-0.3, -0.25) is 9.59 Å². The van der Waals surface area contributed by atoms with Crippen LogP contribution in [0.2, 0.25) is 0 Å². The van der Waals surface area contributed by atoms with Gasteiger partial charge in [0, 0.05) is 10.9 Å². The van der Waals surface area contributed by atoms with Crippen molar-refractivity contribution in [2.45, 2.75) is 39.2 Å². The molecule has 22 heavy (non-hydrogen) atoms. The molecule has 0 aliphatic rings. The normalized spacial score (nSPS) is 14.0. The Morgan fingerprint density at radius 1 is 1.36 bits per heavy atom. The molecule has 1 unspecified atom stereocenters. The van der Waals surface area contributed by atoms with Gasteiger partial charge in [-0.25, -0.2) is 0 Å². The number of fused-ring (bicyclic) bond motifs is 1. The van der Waals surface area contributed by atoms with Crippen molar-refractivity contribution in [3.63, 3.8) is 0 Å². The number of para-hydroxylation sites is 1. The first kappa shape index (κ1) is 16.0. The minimum atomic E-state index is -0.941. The van der Waals surface area contributed by atoms with Crippen LogP contribution >= 0.6 is 0 Å². The van der Waals surface area contributed by atoms with Crippen molar-refractivity contribution in [2.75, 3.05) is 0 Å². The number of rotatable bonds is 6. The van der Waals surface area contributed by atoms with Crippen molar-refractivity contribution in [2.24, 2.45) is 5.92 Å². The van der Waals surface area contributed by atoms with Crippen molar-refractivity contribution < 1.29 is 19.2 Å². The summed E-state index contributed by atoms with van der Waals surface area (Å²) in [4.78, 5) is 23.3. The quantitative estimate of drug-likeness (QED) is 0.854. The molecule has 118 valence electrons. The van der Waals surface area contributed by atoms with Gasteiger partial charge in [0.15, 0.2) is 5.58 Å². The van der Waals surface area contributed by atoms with E-state index < -0.39 is 11.5 Å². The Hall–Kier alpha value is -2.37. The maximum absolute atomic E-state index is 12.3. The zero-order chi connectivity index (χ0) is 16.3. The number of nitrogens with one attached hydrogen (secondary N) is 1. The Labute approximate surface area is 128 Å². The summed E-state index contributed by atoms with van der Waals surface area (Å²) >= 11 is 0. The summed E-state index contributed by atoms with van der Waals surface area (Å²) in [5, 5.41) is 16.6. The lowest BCUT2D eigenvalue weighted by Crippen LogP contribution is -2.51. The summed E-state index contributed by atoms with van der Waals surface area (Å²) in [5.41, 5.74) is 0.375. The van der Waals surface area contributed by atoms with Crippen LogP contribution in [0.1, 0.15) is 32.9 Å². The fourth-order valence-electron chi connectivity index (χ4n) is 2.29. The van der Waals surface area contributed by atoms with E-state index in [4.69, 9.17) is 9.63 Å². The Morgan fingerprint density at radius 3 is 2.68 bits per heavy atom. The molecule has 1 heterocycles. The molecule has 2 rings (SSSR count). The first-order valence-corrected chi connectivity index (χ1v) is 7.18. The fourth-order valence-corrected chi connectivity index (χ4v) is 2.29. The standard InChI is InChI=1S/C16H20N2O4/c1-10(2)16(3,9-15(20)21)17-14(19)8-12-11-6-4-5-7-13(11)22-18-12/h4-7,10H,8-9H2,1-3H3,(H,17,19)(H,20,21). The van der Waals surface area contributed by atoms with Crippen LogP contribution in [0.15, 0.2) is 28.8 Å². The van der Waals surface area contributed by atoms with Crippen LogP contribution in [0, 0.1) is 5.92 Å². The van der Waals surface area contributed by atoms with E-state index in [2.05, 4.69) is 10.5 Å². The molecular weight excluding hydrogens is 284 g/mol. The molecule has 0 aliphatic heterocycles. The first-order valence-electron chi connectivity index (χ1n) is 7.18. The van der Waals surface area contributed by atoms with E-state index in [9.17, 15) is 9.59 Å². The zero-order valence-corrected chi connectivity index (χ0v) is 12.9. The van der Waals surface area contributed by atoms with Gasteiger partial charge in [-0.05, 0) is 25.0 Å². The average Bonchev–Trinajstić information content (AvgIpc) is 2.81. The minimum Gasteiger partial charge on any atom is -0.481 e. The fraction of sp³-hybridized carbons (Fsp3) is 0.438. The molecule has 0 aliphatic carbocycles. The number of benzene rings is 1. The number of aliphatic carboxylic acids is 1. The lowest BCUT2D eigenvalue weighted by Gasteiger charge is -2.33. The number of nitrogens with zero attached hydrogens (tertiary/aromatic N) is 1. The SMILES string of the molecule is CC(C)C(C)(CC(=O)O)NC(=O)Cc1noc2ccccc12. The van der Waals surface area contributed by atoms with Gasteiger partial charge in [0.1, 0.15) is 5.69 Å². The van der Waals surface area contributed by atoms with Crippen LogP contribution in [0.25, 0.3) is 11.0 Å². The third-order valence-electron chi connectivity index (χ3n) is 4.00. The van der Waals surface area contributed by atoms with Crippen LogP contribution in [-0.4, -0.2) is 27.7 Å². The van der Waals surface area contributed by atoms with Gasteiger partial charge in [0.25, 0.3) is 0 Å². The molecule has 1 aromatic heterocycles. The molecule has 0 bridgehead atoms. The molecule has 1 atom stereocenters. The van der Waals surface area contributed by atoms with Gasteiger partial charge in [-0.15, -0.1) is 0 Å². The van der Waals surface area contributed by atoms with Gasteiger partial charge in [0.2, 0.25) is 5.91 Å². The molecule has 6 nitrogen and oxygen atoms in total. The lowest BCUT2D eigenvalue weighted by atomic mass is 9.85. The maximum atomic E-state index is 12.3. The monoisotopic (exact) mass is 304 g/mol. The number of aromatic nitrogens is 1. The van der Waals surface area contributed by atoms with Crippen molar-refractivity contribution >= 4 is 22.8 Å². The smallest absolute Gasteiger partial charge is 0.305 e. The maximum Gasteiger partial charge on any atom is 0.305 e. The number of carboxylic acid groups (broad SMARTS) is 1. The highest BCUT2D eigenvalue weighted by atomic mass is 16.5. The molecule has 0 saturated heterocycles. The second kappa shape index (κ2) is 6.17.